The molecular weight excluding hydrogens is 817 g/mol. The molecule has 0 saturated heterocycles. The molecule has 0 amide bonds. The zero-order valence-corrected chi connectivity index (χ0v) is 32.0. The zero-order chi connectivity index (χ0) is 30.1. The van der Waals surface area contributed by atoms with Gasteiger partial charge in [0.05, 0.1) is 0 Å². The van der Waals surface area contributed by atoms with Crippen LogP contribution in [0.1, 0.15) is 0 Å². The molecule has 8 aromatic carbocycles. The smallest absolute Gasteiger partial charge is 0.611 e. The van der Waals surface area contributed by atoms with Gasteiger partial charge in [0.15, 0.2) is 0 Å². The molecule has 260 valence electrons. The van der Waals surface area contributed by atoms with Crippen LogP contribution in [0, 0.1) is 0 Å². The van der Waals surface area contributed by atoms with Gasteiger partial charge in [0.1, 0.15) is 0 Å². The van der Waals surface area contributed by atoms with Crippen molar-refractivity contribution in [2.24, 2.45) is 0 Å². The van der Waals surface area contributed by atoms with Crippen LogP contribution in [-0.4, -0.2) is 0 Å². The SMILES string of the molecule is Cl.Cl.[Fe].[Fe].[Pd+2].c1cc[cH-]c1.c1cc[cH-]c1.c1ccc(-[c-]2[cH-][cH-][cH-][c-]2-c2ccccc2)cc1.c1ccc(-c2ccc[c-]2-c2ccccc2)cc1. The van der Waals surface area contributed by atoms with E-state index in [1.807, 2.05) is 60.7 Å². The van der Waals surface area contributed by atoms with Crippen molar-refractivity contribution >= 4 is 24.8 Å². The van der Waals surface area contributed by atoms with Crippen LogP contribution in [-0.2, 0) is 54.6 Å². The van der Waals surface area contributed by atoms with Gasteiger partial charge in [-0.1, -0.05) is 83.4 Å². The Balaban J connectivity index is 0.000000679. The summed E-state index contributed by atoms with van der Waals surface area (Å²) < 4.78 is 0. The van der Waals surface area contributed by atoms with Crippen molar-refractivity contribution in [1.29, 1.82) is 0 Å². The van der Waals surface area contributed by atoms with Crippen LogP contribution < -0.4 is 0 Å². The monoisotopic (exact) mass is 854 g/mol. The van der Waals surface area contributed by atoms with Crippen LogP contribution in [0.25, 0.3) is 44.5 Å². The summed E-state index contributed by atoms with van der Waals surface area (Å²) in [6.45, 7) is 0. The Morgan fingerprint density at radius 1 is 0.388 bits per heavy atom. The third-order valence-corrected chi connectivity index (χ3v) is 7.08. The standard InChI is InChI=1S/2C17H13.2C5H5.2ClH.2Fe.Pd/c2*1-3-8-14(9-4-1)16-12-7-13-17(16)15-10-5-2-6-11-15;2*1-2-4-5-3-1;;;;;/h2*1-13H;2*1-5H;2*1H;;;/q-5;3*-1;;;;;+2. The van der Waals surface area contributed by atoms with Crippen molar-refractivity contribution < 1.29 is 54.6 Å². The molecule has 8 rings (SSSR count). The summed E-state index contributed by atoms with van der Waals surface area (Å²) >= 11 is 0. The number of rotatable bonds is 4. The van der Waals surface area contributed by atoms with Gasteiger partial charge in [-0.3, -0.25) is 0 Å². The first-order valence-electron chi connectivity index (χ1n) is 15.0. The number of hydrogen-bond donors (Lipinski definition) is 0. The summed E-state index contributed by atoms with van der Waals surface area (Å²) in [6.07, 6.45) is 0. The average Bonchev–Trinajstić information content (AvgIpc) is 3.96. The molecule has 5 heteroatoms. The fourth-order valence-corrected chi connectivity index (χ4v) is 4.96. The summed E-state index contributed by atoms with van der Waals surface area (Å²) in [7, 11) is 0. The van der Waals surface area contributed by atoms with Crippen molar-refractivity contribution in [2.45, 2.75) is 0 Å². The van der Waals surface area contributed by atoms with Gasteiger partial charge in [0.25, 0.3) is 0 Å². The van der Waals surface area contributed by atoms with E-state index in [9.17, 15) is 0 Å². The van der Waals surface area contributed by atoms with Gasteiger partial charge >= 0.3 is 20.4 Å². The predicted octanol–water partition coefficient (Wildman–Crippen LogP) is 13.1. The Hall–Kier alpha value is -3.44. The Morgan fingerprint density at radius 2 is 0.755 bits per heavy atom. The van der Waals surface area contributed by atoms with Crippen molar-refractivity contribution in [1.82, 2.24) is 0 Å². The molecule has 0 heterocycles. The zero-order valence-electron chi connectivity index (χ0n) is 26.6. The van der Waals surface area contributed by atoms with Crippen molar-refractivity contribution in [3.8, 4) is 44.5 Å². The summed E-state index contributed by atoms with van der Waals surface area (Å²) in [5, 5.41) is 0. The van der Waals surface area contributed by atoms with Crippen molar-refractivity contribution in [3.05, 3.63) is 218 Å². The normalized spacial score (nSPS) is 8.82. The van der Waals surface area contributed by atoms with Crippen LogP contribution in [0.2, 0.25) is 0 Å². The van der Waals surface area contributed by atoms with Gasteiger partial charge in [0, 0.05) is 34.1 Å². The number of halogens is 2. The van der Waals surface area contributed by atoms with E-state index in [0.717, 1.165) is 0 Å². The molecule has 0 nitrogen and oxygen atoms in total. The molecule has 0 atom stereocenters. The molecule has 0 aliphatic rings. The Morgan fingerprint density at radius 3 is 1.12 bits per heavy atom. The van der Waals surface area contributed by atoms with Gasteiger partial charge in [-0.15, -0.1) is 66.8 Å². The molecule has 0 aromatic heterocycles. The molecule has 0 unspecified atom stereocenters. The third-order valence-electron chi connectivity index (χ3n) is 7.08. The molecular formula is C44H38Cl2Fe2Pd-6. The van der Waals surface area contributed by atoms with Crippen LogP contribution in [0.3, 0.4) is 0 Å². The summed E-state index contributed by atoms with van der Waals surface area (Å²) in [6, 6.07) is 75.0. The molecule has 8 aromatic rings. The first-order valence-corrected chi connectivity index (χ1v) is 15.0. The number of benzene rings is 4. The Bertz CT molecular complexity index is 1550. The molecule has 0 N–H and O–H groups in total. The molecule has 0 spiro atoms. The fraction of sp³-hybridized carbons (Fsp3) is 0. The molecule has 0 aliphatic heterocycles. The second-order valence-electron chi connectivity index (χ2n) is 10.1. The minimum Gasteiger partial charge on any atom is -0.611 e. The molecule has 0 fully saturated rings. The van der Waals surface area contributed by atoms with Gasteiger partial charge in [-0.25, -0.2) is 24.3 Å². The predicted molar refractivity (Wildman–Crippen MR) is 204 cm³/mol. The third kappa shape index (κ3) is 14.5. The molecule has 0 radical (unpaired) electrons. The van der Waals surface area contributed by atoms with E-state index < -0.39 is 0 Å². The van der Waals surface area contributed by atoms with E-state index in [1.165, 1.54) is 44.5 Å². The van der Waals surface area contributed by atoms with E-state index >= 15 is 0 Å². The van der Waals surface area contributed by atoms with E-state index in [0.29, 0.717) is 0 Å². The van der Waals surface area contributed by atoms with E-state index in [-0.39, 0.29) is 79.4 Å². The van der Waals surface area contributed by atoms with E-state index in [2.05, 4.69) is 158 Å². The first-order chi connectivity index (χ1) is 21.9. The second kappa shape index (κ2) is 26.4. The minimum atomic E-state index is 0. The Kier molecular flexibility index (Phi) is 24.6. The molecule has 0 aliphatic carbocycles. The summed E-state index contributed by atoms with van der Waals surface area (Å²) in [5.74, 6) is 0. The molecule has 0 bridgehead atoms. The average molecular weight is 856 g/mol. The van der Waals surface area contributed by atoms with E-state index in [1.54, 1.807) is 0 Å². The maximum absolute atomic E-state index is 2.18. The fourth-order valence-electron chi connectivity index (χ4n) is 4.96. The van der Waals surface area contributed by atoms with Crippen molar-refractivity contribution in [3.63, 3.8) is 0 Å². The van der Waals surface area contributed by atoms with Crippen LogP contribution in [0.15, 0.2) is 218 Å². The van der Waals surface area contributed by atoms with E-state index in [4.69, 9.17) is 0 Å². The van der Waals surface area contributed by atoms with Gasteiger partial charge in [-0.2, -0.15) is 60.7 Å². The summed E-state index contributed by atoms with van der Waals surface area (Å²) in [4.78, 5) is 0. The van der Waals surface area contributed by atoms with Gasteiger partial charge in [0.2, 0.25) is 0 Å². The molecule has 0 saturated carbocycles. The maximum Gasteiger partial charge on any atom is 2.00 e. The van der Waals surface area contributed by atoms with Crippen LogP contribution >= 0.6 is 24.8 Å². The number of hydrogen-bond acceptors (Lipinski definition) is 0. The van der Waals surface area contributed by atoms with Crippen LogP contribution in [0.5, 0.6) is 0 Å². The first kappa shape index (κ1) is 45.6. The Labute approximate surface area is 339 Å². The largest absolute Gasteiger partial charge is 2.00 e. The minimum absolute atomic E-state index is 0. The van der Waals surface area contributed by atoms with Gasteiger partial charge < -0.3 is 52.6 Å². The second-order valence-corrected chi connectivity index (χ2v) is 10.1. The maximum atomic E-state index is 2.18. The van der Waals surface area contributed by atoms with Crippen molar-refractivity contribution in [2.75, 3.05) is 0 Å². The van der Waals surface area contributed by atoms with Crippen LogP contribution in [0.4, 0.5) is 0 Å². The topological polar surface area (TPSA) is 0 Å². The summed E-state index contributed by atoms with van der Waals surface area (Å²) in [5.41, 5.74) is 10.3. The van der Waals surface area contributed by atoms with Gasteiger partial charge in [-0.05, 0) is 0 Å². The quantitative estimate of drug-likeness (QED) is 0.122. The molecule has 49 heavy (non-hydrogen) atoms.